The lowest BCUT2D eigenvalue weighted by Crippen LogP contribution is -2.48. The lowest BCUT2D eigenvalue weighted by Gasteiger charge is -2.23. The Bertz CT molecular complexity index is 508. The van der Waals surface area contributed by atoms with E-state index in [9.17, 15) is 9.59 Å². The van der Waals surface area contributed by atoms with Crippen molar-refractivity contribution in [2.75, 3.05) is 11.9 Å². The molecule has 3 N–H and O–H groups in total. The number of benzene rings is 1. The zero-order valence-corrected chi connectivity index (χ0v) is 10.3. The van der Waals surface area contributed by atoms with Gasteiger partial charge in [0.1, 0.15) is 0 Å². The lowest BCUT2D eigenvalue weighted by atomic mass is 10.1. The number of anilines is 1. The first-order chi connectivity index (χ1) is 9.17. The molecule has 1 heterocycles. The predicted octanol–water partition coefficient (Wildman–Crippen LogP) is 0.958. The second-order valence-corrected chi connectivity index (χ2v) is 4.33. The summed E-state index contributed by atoms with van der Waals surface area (Å²) in [4.78, 5) is 22.7. The maximum Gasteiger partial charge on any atom is 0.319 e. The molecule has 1 aliphatic heterocycles. The molecule has 0 radical (unpaired) electrons. The van der Waals surface area contributed by atoms with E-state index >= 15 is 0 Å². The smallest absolute Gasteiger partial charge is 0.319 e. The Labute approximate surface area is 110 Å². The Kier molecular flexibility index (Phi) is 3.98. The number of urea groups is 1. The standard InChI is InChI=1S/C13H14N4O2/c14-7-9-1-3-10(4-2-9)16-13(19)17-11-5-6-12(18)15-8-11/h1-4,11H,5-6,8H2,(H,15,18)(H2,16,17,19)/t11-/m1/s1. The van der Waals surface area contributed by atoms with Crippen LogP contribution < -0.4 is 16.0 Å². The molecule has 6 heteroatoms. The molecule has 1 fully saturated rings. The number of piperidine rings is 1. The average molecular weight is 258 g/mol. The molecule has 1 aromatic carbocycles. The van der Waals surface area contributed by atoms with Crippen LogP contribution in [0.25, 0.3) is 0 Å². The number of hydrogen-bond acceptors (Lipinski definition) is 3. The van der Waals surface area contributed by atoms with Crippen molar-refractivity contribution in [1.29, 1.82) is 5.26 Å². The second-order valence-electron chi connectivity index (χ2n) is 4.33. The van der Waals surface area contributed by atoms with E-state index in [0.29, 0.717) is 30.6 Å². The molecule has 1 atom stereocenters. The number of nitrogens with one attached hydrogen (secondary N) is 3. The van der Waals surface area contributed by atoms with Crippen molar-refractivity contribution in [3.8, 4) is 6.07 Å². The fourth-order valence-corrected chi connectivity index (χ4v) is 1.84. The molecular weight excluding hydrogens is 244 g/mol. The van der Waals surface area contributed by atoms with Crippen molar-refractivity contribution >= 4 is 17.6 Å². The third-order valence-electron chi connectivity index (χ3n) is 2.87. The summed E-state index contributed by atoms with van der Waals surface area (Å²) < 4.78 is 0. The molecule has 0 spiro atoms. The van der Waals surface area contributed by atoms with Gasteiger partial charge in [-0.15, -0.1) is 0 Å². The predicted molar refractivity (Wildman–Crippen MR) is 69.3 cm³/mol. The monoisotopic (exact) mass is 258 g/mol. The van der Waals surface area contributed by atoms with Crippen LogP contribution in [0.4, 0.5) is 10.5 Å². The van der Waals surface area contributed by atoms with Crippen LogP contribution in [0.5, 0.6) is 0 Å². The topological polar surface area (TPSA) is 94.0 Å². The van der Waals surface area contributed by atoms with Crippen LogP contribution in [0, 0.1) is 11.3 Å². The van der Waals surface area contributed by atoms with Crippen molar-refractivity contribution in [3.63, 3.8) is 0 Å². The molecule has 6 nitrogen and oxygen atoms in total. The van der Waals surface area contributed by atoms with Gasteiger partial charge in [0.15, 0.2) is 0 Å². The van der Waals surface area contributed by atoms with E-state index in [1.165, 1.54) is 0 Å². The van der Waals surface area contributed by atoms with E-state index < -0.39 is 0 Å². The van der Waals surface area contributed by atoms with Gasteiger partial charge in [-0.2, -0.15) is 5.26 Å². The summed E-state index contributed by atoms with van der Waals surface area (Å²) in [7, 11) is 0. The normalized spacial score (nSPS) is 18.1. The first-order valence-electron chi connectivity index (χ1n) is 6.02. The quantitative estimate of drug-likeness (QED) is 0.737. The van der Waals surface area contributed by atoms with Crippen molar-refractivity contribution < 1.29 is 9.59 Å². The van der Waals surface area contributed by atoms with Gasteiger partial charge in [0.2, 0.25) is 5.91 Å². The van der Waals surface area contributed by atoms with E-state index in [2.05, 4.69) is 16.0 Å². The summed E-state index contributed by atoms with van der Waals surface area (Å²) in [5.74, 6) is 0.0190. The Morgan fingerprint density at radius 1 is 1.37 bits per heavy atom. The minimum atomic E-state index is -0.314. The van der Waals surface area contributed by atoms with Gasteiger partial charge >= 0.3 is 6.03 Å². The van der Waals surface area contributed by atoms with Crippen LogP contribution in [0.1, 0.15) is 18.4 Å². The summed E-state index contributed by atoms with van der Waals surface area (Å²) in [6.07, 6.45) is 1.08. The molecule has 1 aliphatic rings. The van der Waals surface area contributed by atoms with Crippen LogP contribution in [-0.2, 0) is 4.79 Å². The number of carbonyl (C=O) groups is 2. The number of rotatable bonds is 2. The van der Waals surface area contributed by atoms with E-state index in [4.69, 9.17) is 5.26 Å². The largest absolute Gasteiger partial charge is 0.354 e. The Morgan fingerprint density at radius 3 is 2.68 bits per heavy atom. The zero-order chi connectivity index (χ0) is 13.7. The third kappa shape index (κ3) is 3.71. The molecule has 1 saturated heterocycles. The molecular formula is C13H14N4O2. The average Bonchev–Trinajstić information content (AvgIpc) is 2.42. The highest BCUT2D eigenvalue weighted by Crippen LogP contribution is 2.09. The van der Waals surface area contributed by atoms with Gasteiger partial charge in [-0.25, -0.2) is 4.79 Å². The highest BCUT2D eigenvalue weighted by molar-refractivity contribution is 5.89. The zero-order valence-electron chi connectivity index (χ0n) is 10.3. The third-order valence-corrected chi connectivity index (χ3v) is 2.87. The fourth-order valence-electron chi connectivity index (χ4n) is 1.84. The van der Waals surface area contributed by atoms with Crippen LogP contribution in [0.15, 0.2) is 24.3 Å². The summed E-state index contributed by atoms with van der Waals surface area (Å²) >= 11 is 0. The number of nitriles is 1. The number of nitrogens with zero attached hydrogens (tertiary/aromatic N) is 1. The minimum absolute atomic E-state index is 0.0190. The van der Waals surface area contributed by atoms with Gasteiger partial charge in [0.25, 0.3) is 0 Å². The second kappa shape index (κ2) is 5.87. The van der Waals surface area contributed by atoms with Crippen molar-refractivity contribution in [2.24, 2.45) is 0 Å². The van der Waals surface area contributed by atoms with Crippen molar-refractivity contribution in [3.05, 3.63) is 29.8 Å². The van der Waals surface area contributed by atoms with Gasteiger partial charge in [-0.05, 0) is 30.7 Å². The fraction of sp³-hybridized carbons (Fsp3) is 0.308. The van der Waals surface area contributed by atoms with E-state index in [0.717, 1.165) is 0 Å². The Balaban J connectivity index is 1.83. The van der Waals surface area contributed by atoms with E-state index in [1.807, 2.05) is 6.07 Å². The number of amides is 3. The van der Waals surface area contributed by atoms with Gasteiger partial charge in [0.05, 0.1) is 11.6 Å². The van der Waals surface area contributed by atoms with Gasteiger partial charge in [0, 0.05) is 24.7 Å². The number of hydrogen-bond donors (Lipinski definition) is 3. The number of carbonyl (C=O) groups excluding carboxylic acids is 2. The summed E-state index contributed by atoms with van der Waals surface area (Å²) in [6, 6.07) is 8.26. The molecule has 98 valence electrons. The van der Waals surface area contributed by atoms with Gasteiger partial charge in [-0.1, -0.05) is 0 Å². The summed E-state index contributed by atoms with van der Waals surface area (Å²) in [5, 5.41) is 16.8. The van der Waals surface area contributed by atoms with Gasteiger partial charge < -0.3 is 16.0 Å². The molecule has 19 heavy (non-hydrogen) atoms. The SMILES string of the molecule is N#Cc1ccc(NC(=O)N[C@@H]2CCC(=O)NC2)cc1. The van der Waals surface area contributed by atoms with E-state index in [-0.39, 0.29) is 18.0 Å². The first-order valence-corrected chi connectivity index (χ1v) is 6.02. The van der Waals surface area contributed by atoms with Crippen LogP contribution in [0.3, 0.4) is 0 Å². The summed E-state index contributed by atoms with van der Waals surface area (Å²) in [5.41, 5.74) is 1.16. The van der Waals surface area contributed by atoms with Gasteiger partial charge in [-0.3, -0.25) is 4.79 Å². The van der Waals surface area contributed by atoms with Crippen molar-refractivity contribution in [2.45, 2.75) is 18.9 Å². The first kappa shape index (κ1) is 12.9. The van der Waals surface area contributed by atoms with E-state index in [1.54, 1.807) is 24.3 Å². The molecule has 0 bridgehead atoms. The molecule has 1 aromatic rings. The maximum absolute atomic E-state index is 11.7. The molecule has 0 aromatic heterocycles. The lowest BCUT2D eigenvalue weighted by molar-refractivity contribution is -0.122. The molecule has 0 unspecified atom stereocenters. The minimum Gasteiger partial charge on any atom is -0.354 e. The van der Waals surface area contributed by atoms with Crippen molar-refractivity contribution in [1.82, 2.24) is 10.6 Å². The highest BCUT2D eigenvalue weighted by Gasteiger charge is 2.19. The Hall–Kier alpha value is -2.55. The van der Waals surface area contributed by atoms with Crippen LogP contribution in [-0.4, -0.2) is 24.5 Å². The molecule has 2 rings (SSSR count). The van der Waals surface area contributed by atoms with Crippen LogP contribution in [0.2, 0.25) is 0 Å². The van der Waals surface area contributed by atoms with Crippen LogP contribution >= 0.6 is 0 Å². The summed E-state index contributed by atoms with van der Waals surface area (Å²) in [6.45, 7) is 0.458. The molecule has 3 amide bonds. The highest BCUT2D eigenvalue weighted by atomic mass is 16.2. The maximum atomic E-state index is 11.7. The molecule has 0 aliphatic carbocycles. The molecule has 0 saturated carbocycles. The Morgan fingerprint density at radius 2 is 2.11 bits per heavy atom.